The number of fused-ring (bicyclic) bond motifs is 1. The van der Waals surface area contributed by atoms with Gasteiger partial charge in [-0.3, -0.25) is 0 Å². The van der Waals surface area contributed by atoms with Crippen LogP contribution in [-0.4, -0.2) is 23.1 Å². The number of hydrogen-bond acceptors (Lipinski definition) is 2. The van der Waals surface area contributed by atoms with Gasteiger partial charge in [-0.05, 0) is 58.5 Å². The first-order valence-corrected chi connectivity index (χ1v) is 6.75. The second kappa shape index (κ2) is 5.53. The van der Waals surface area contributed by atoms with E-state index >= 15 is 0 Å². The summed E-state index contributed by atoms with van der Waals surface area (Å²) in [5.74, 6) is 1.21. The van der Waals surface area contributed by atoms with Gasteiger partial charge in [0, 0.05) is 12.5 Å². The van der Waals surface area contributed by atoms with Gasteiger partial charge in [0.1, 0.15) is 5.82 Å². The third kappa shape index (κ3) is 2.56. The number of rotatable bonds is 5. The van der Waals surface area contributed by atoms with Crippen molar-refractivity contribution >= 4 is 11.0 Å². The van der Waals surface area contributed by atoms with E-state index in [1.165, 1.54) is 16.9 Å². The van der Waals surface area contributed by atoms with Crippen LogP contribution < -0.4 is 5.32 Å². The molecule has 1 N–H and O–H groups in total. The van der Waals surface area contributed by atoms with Crippen molar-refractivity contribution in [2.75, 3.05) is 13.6 Å². The molecular weight excluding hydrogens is 222 g/mol. The minimum atomic E-state index is 0.460. The van der Waals surface area contributed by atoms with Crippen LogP contribution in [-0.2, 0) is 6.42 Å². The monoisotopic (exact) mass is 245 g/mol. The highest BCUT2D eigenvalue weighted by Gasteiger charge is 2.12. The van der Waals surface area contributed by atoms with Crippen LogP contribution in [0.15, 0.2) is 18.2 Å². The summed E-state index contributed by atoms with van der Waals surface area (Å²) < 4.78 is 2.37. The molecule has 0 spiro atoms. The summed E-state index contributed by atoms with van der Waals surface area (Å²) in [7, 11) is 1.99. The Bertz CT molecular complexity index is 526. The van der Waals surface area contributed by atoms with Crippen LogP contribution in [0.2, 0.25) is 0 Å². The molecule has 2 aromatic rings. The number of benzene rings is 1. The van der Waals surface area contributed by atoms with E-state index in [1.54, 1.807) is 0 Å². The molecule has 3 nitrogen and oxygen atoms in total. The standard InChI is InChI=1S/C15H23N3/c1-11(2)18-14-8-7-12(3)10-13(14)17-15(18)6-5-9-16-4/h7-8,10-11,16H,5-6,9H2,1-4H3. The van der Waals surface area contributed by atoms with Gasteiger partial charge < -0.3 is 9.88 Å². The fraction of sp³-hybridized carbons (Fsp3) is 0.533. The van der Waals surface area contributed by atoms with E-state index in [0.29, 0.717) is 6.04 Å². The maximum atomic E-state index is 4.80. The molecule has 0 fully saturated rings. The Kier molecular flexibility index (Phi) is 4.02. The Morgan fingerprint density at radius 1 is 1.33 bits per heavy atom. The number of nitrogens with one attached hydrogen (secondary N) is 1. The zero-order valence-electron chi connectivity index (χ0n) is 11.8. The molecule has 0 amide bonds. The molecule has 98 valence electrons. The van der Waals surface area contributed by atoms with Crippen LogP contribution in [0.4, 0.5) is 0 Å². The van der Waals surface area contributed by atoms with Gasteiger partial charge in [0.2, 0.25) is 0 Å². The van der Waals surface area contributed by atoms with E-state index in [0.717, 1.165) is 24.9 Å². The second-order valence-electron chi connectivity index (χ2n) is 5.19. The van der Waals surface area contributed by atoms with Crippen molar-refractivity contribution in [1.29, 1.82) is 0 Å². The number of hydrogen-bond donors (Lipinski definition) is 1. The molecule has 0 aliphatic carbocycles. The van der Waals surface area contributed by atoms with Crippen LogP contribution in [0.3, 0.4) is 0 Å². The van der Waals surface area contributed by atoms with Crippen molar-refractivity contribution in [2.45, 2.75) is 39.7 Å². The molecule has 0 unspecified atom stereocenters. The van der Waals surface area contributed by atoms with Crippen LogP contribution in [0, 0.1) is 6.92 Å². The summed E-state index contributed by atoms with van der Waals surface area (Å²) in [5.41, 5.74) is 3.66. The lowest BCUT2D eigenvalue weighted by molar-refractivity contribution is 0.571. The molecule has 2 rings (SSSR count). The molecule has 3 heteroatoms. The first-order valence-electron chi connectivity index (χ1n) is 6.75. The molecule has 1 aromatic heterocycles. The summed E-state index contributed by atoms with van der Waals surface area (Å²) in [6.07, 6.45) is 2.16. The third-order valence-corrected chi connectivity index (χ3v) is 3.26. The Balaban J connectivity index is 2.41. The number of aromatic nitrogens is 2. The van der Waals surface area contributed by atoms with Crippen LogP contribution in [0.1, 0.15) is 37.7 Å². The van der Waals surface area contributed by atoms with Crippen LogP contribution in [0.25, 0.3) is 11.0 Å². The van der Waals surface area contributed by atoms with Gasteiger partial charge in [-0.15, -0.1) is 0 Å². The average Bonchev–Trinajstić information content (AvgIpc) is 2.66. The smallest absolute Gasteiger partial charge is 0.110 e. The van der Waals surface area contributed by atoms with Gasteiger partial charge >= 0.3 is 0 Å². The first-order chi connectivity index (χ1) is 8.63. The summed E-state index contributed by atoms with van der Waals surface area (Å²) in [6.45, 7) is 7.61. The highest BCUT2D eigenvalue weighted by atomic mass is 15.1. The maximum absolute atomic E-state index is 4.80. The Morgan fingerprint density at radius 2 is 2.11 bits per heavy atom. The summed E-state index contributed by atoms with van der Waals surface area (Å²) in [5, 5.41) is 3.19. The Labute approximate surface area is 109 Å². The topological polar surface area (TPSA) is 29.9 Å². The van der Waals surface area contributed by atoms with Gasteiger partial charge in [0.25, 0.3) is 0 Å². The normalized spacial score (nSPS) is 11.6. The van der Waals surface area contributed by atoms with Gasteiger partial charge in [-0.25, -0.2) is 4.98 Å². The number of imidazole rings is 1. The van der Waals surface area contributed by atoms with Gasteiger partial charge in [-0.2, -0.15) is 0 Å². The molecule has 0 atom stereocenters. The van der Waals surface area contributed by atoms with Crippen molar-refractivity contribution in [3.8, 4) is 0 Å². The fourth-order valence-corrected chi connectivity index (χ4v) is 2.43. The van der Waals surface area contributed by atoms with Crippen molar-refractivity contribution in [2.24, 2.45) is 0 Å². The predicted octanol–water partition coefficient (Wildman–Crippen LogP) is 3.08. The Hall–Kier alpha value is -1.35. The minimum Gasteiger partial charge on any atom is -0.325 e. The molecule has 18 heavy (non-hydrogen) atoms. The van der Waals surface area contributed by atoms with E-state index in [2.05, 4.69) is 48.9 Å². The predicted molar refractivity (Wildman–Crippen MR) is 77.1 cm³/mol. The number of aryl methyl sites for hydroxylation is 2. The molecule has 1 heterocycles. The van der Waals surface area contributed by atoms with Crippen molar-refractivity contribution in [3.63, 3.8) is 0 Å². The SMILES string of the molecule is CNCCCc1nc2cc(C)ccc2n1C(C)C. The molecular formula is C15H23N3. The van der Waals surface area contributed by atoms with Gasteiger partial charge in [-0.1, -0.05) is 6.07 Å². The molecule has 0 aliphatic heterocycles. The van der Waals surface area contributed by atoms with E-state index in [4.69, 9.17) is 4.98 Å². The Morgan fingerprint density at radius 3 is 2.78 bits per heavy atom. The lowest BCUT2D eigenvalue weighted by atomic mass is 10.2. The van der Waals surface area contributed by atoms with Gasteiger partial charge in [0.15, 0.2) is 0 Å². The molecule has 0 saturated carbocycles. The zero-order valence-corrected chi connectivity index (χ0v) is 11.8. The zero-order chi connectivity index (χ0) is 13.1. The van der Waals surface area contributed by atoms with Crippen LogP contribution >= 0.6 is 0 Å². The van der Waals surface area contributed by atoms with Crippen molar-refractivity contribution in [1.82, 2.24) is 14.9 Å². The largest absolute Gasteiger partial charge is 0.325 e. The number of nitrogens with zero attached hydrogens (tertiary/aromatic N) is 2. The maximum Gasteiger partial charge on any atom is 0.110 e. The van der Waals surface area contributed by atoms with Crippen molar-refractivity contribution in [3.05, 3.63) is 29.6 Å². The lowest BCUT2D eigenvalue weighted by Gasteiger charge is -2.13. The highest BCUT2D eigenvalue weighted by molar-refractivity contribution is 5.77. The minimum absolute atomic E-state index is 0.460. The molecule has 0 saturated heterocycles. The highest BCUT2D eigenvalue weighted by Crippen LogP contribution is 2.22. The quantitative estimate of drug-likeness (QED) is 0.820. The van der Waals surface area contributed by atoms with Crippen LogP contribution in [0.5, 0.6) is 0 Å². The van der Waals surface area contributed by atoms with Crippen molar-refractivity contribution < 1.29 is 0 Å². The van der Waals surface area contributed by atoms with E-state index in [-0.39, 0.29) is 0 Å². The lowest BCUT2D eigenvalue weighted by Crippen LogP contribution is -2.11. The molecule has 0 radical (unpaired) electrons. The molecule has 0 bridgehead atoms. The second-order valence-corrected chi connectivity index (χ2v) is 5.19. The molecule has 1 aromatic carbocycles. The third-order valence-electron chi connectivity index (χ3n) is 3.26. The van der Waals surface area contributed by atoms with E-state index in [9.17, 15) is 0 Å². The summed E-state index contributed by atoms with van der Waals surface area (Å²) >= 11 is 0. The summed E-state index contributed by atoms with van der Waals surface area (Å²) in [4.78, 5) is 4.80. The van der Waals surface area contributed by atoms with E-state index in [1.807, 2.05) is 7.05 Å². The van der Waals surface area contributed by atoms with E-state index < -0.39 is 0 Å². The fourth-order valence-electron chi connectivity index (χ4n) is 2.43. The van der Waals surface area contributed by atoms with Gasteiger partial charge in [0.05, 0.1) is 11.0 Å². The first kappa shape index (κ1) is 13.1. The summed E-state index contributed by atoms with van der Waals surface area (Å²) in [6, 6.07) is 7.00. The average molecular weight is 245 g/mol. The molecule has 0 aliphatic rings.